The number of carbonyl (C=O) groups is 1. The second-order valence-electron chi connectivity index (χ2n) is 5.32. The Kier molecular flexibility index (Phi) is 4.15. The molecule has 1 saturated carbocycles. The molecule has 0 aliphatic heterocycles. The van der Waals surface area contributed by atoms with Crippen molar-refractivity contribution in [3.63, 3.8) is 0 Å². The molecule has 1 aromatic rings. The van der Waals surface area contributed by atoms with Gasteiger partial charge < -0.3 is 5.11 Å². The fourth-order valence-electron chi connectivity index (χ4n) is 2.69. The molecule has 110 valence electrons. The number of aliphatic carboxylic acids is 1. The first kappa shape index (κ1) is 15.0. The summed E-state index contributed by atoms with van der Waals surface area (Å²) in [6, 6.07) is 6.58. The molecule has 5 nitrogen and oxygen atoms in total. The van der Waals surface area contributed by atoms with Crippen molar-refractivity contribution >= 4 is 16.0 Å². The van der Waals surface area contributed by atoms with Gasteiger partial charge in [-0.3, -0.25) is 4.79 Å². The lowest BCUT2D eigenvalue weighted by atomic mass is 9.83. The Labute approximate surface area is 119 Å². The van der Waals surface area contributed by atoms with E-state index < -0.39 is 21.5 Å². The van der Waals surface area contributed by atoms with Crippen LogP contribution in [0.4, 0.5) is 0 Å². The molecule has 0 unspecified atom stereocenters. The van der Waals surface area contributed by atoms with E-state index in [-0.39, 0.29) is 4.90 Å². The van der Waals surface area contributed by atoms with Crippen molar-refractivity contribution in [3.05, 3.63) is 29.8 Å². The minimum Gasteiger partial charge on any atom is -0.480 e. The molecule has 0 amide bonds. The Bertz CT molecular complexity index is 603. The van der Waals surface area contributed by atoms with Crippen molar-refractivity contribution in [1.29, 1.82) is 0 Å². The number of hydrogen-bond acceptors (Lipinski definition) is 3. The zero-order valence-electron chi connectivity index (χ0n) is 11.4. The highest BCUT2D eigenvalue weighted by molar-refractivity contribution is 7.89. The van der Waals surface area contributed by atoms with Crippen LogP contribution >= 0.6 is 0 Å². The van der Waals surface area contributed by atoms with Crippen molar-refractivity contribution in [3.8, 4) is 0 Å². The predicted molar refractivity (Wildman–Crippen MR) is 75.0 cm³/mol. The van der Waals surface area contributed by atoms with E-state index in [1.165, 1.54) is 6.07 Å². The average Bonchev–Trinajstić information content (AvgIpc) is 2.39. The van der Waals surface area contributed by atoms with Gasteiger partial charge in [0, 0.05) is 0 Å². The molecule has 1 fully saturated rings. The fourth-order valence-corrected chi connectivity index (χ4v) is 4.35. The number of hydrogen-bond donors (Lipinski definition) is 2. The van der Waals surface area contributed by atoms with Crippen LogP contribution in [0.5, 0.6) is 0 Å². The zero-order valence-corrected chi connectivity index (χ0v) is 12.2. The lowest BCUT2D eigenvalue weighted by molar-refractivity contribution is -0.145. The van der Waals surface area contributed by atoms with E-state index in [1.807, 2.05) is 0 Å². The van der Waals surface area contributed by atoms with Crippen LogP contribution in [0.2, 0.25) is 0 Å². The highest BCUT2D eigenvalue weighted by atomic mass is 32.2. The minimum atomic E-state index is -3.82. The Morgan fingerprint density at radius 3 is 2.35 bits per heavy atom. The van der Waals surface area contributed by atoms with Crippen LogP contribution in [-0.2, 0) is 14.8 Å². The van der Waals surface area contributed by atoms with Crippen LogP contribution in [0.1, 0.15) is 37.7 Å². The number of sulfonamides is 1. The van der Waals surface area contributed by atoms with Gasteiger partial charge in [-0.15, -0.1) is 0 Å². The summed E-state index contributed by atoms with van der Waals surface area (Å²) in [6.45, 7) is 1.70. The molecule has 0 radical (unpaired) electrons. The molecule has 2 rings (SSSR count). The van der Waals surface area contributed by atoms with E-state index in [2.05, 4.69) is 4.72 Å². The molecule has 0 spiro atoms. The third-order valence-corrected chi connectivity index (χ3v) is 5.53. The number of carboxylic acid groups (broad SMARTS) is 1. The molecule has 0 heterocycles. The van der Waals surface area contributed by atoms with Crippen LogP contribution in [0.15, 0.2) is 29.2 Å². The lowest BCUT2D eigenvalue weighted by Crippen LogP contribution is -2.55. The maximum absolute atomic E-state index is 12.5. The number of aryl methyl sites for hydroxylation is 1. The molecule has 1 aliphatic carbocycles. The first-order valence-corrected chi connectivity index (χ1v) is 8.19. The van der Waals surface area contributed by atoms with E-state index in [0.717, 1.165) is 19.3 Å². The van der Waals surface area contributed by atoms with Crippen LogP contribution in [0.3, 0.4) is 0 Å². The van der Waals surface area contributed by atoms with Gasteiger partial charge in [-0.05, 0) is 31.4 Å². The van der Waals surface area contributed by atoms with Gasteiger partial charge in [0.15, 0.2) is 0 Å². The topological polar surface area (TPSA) is 83.5 Å². The quantitative estimate of drug-likeness (QED) is 0.891. The number of rotatable bonds is 4. The maximum Gasteiger partial charge on any atom is 0.324 e. The predicted octanol–water partition coefficient (Wildman–Crippen LogP) is 2.06. The van der Waals surface area contributed by atoms with Gasteiger partial charge in [-0.1, -0.05) is 37.5 Å². The molecule has 2 N–H and O–H groups in total. The SMILES string of the molecule is Cc1ccccc1S(=O)(=O)NC1(C(=O)O)CCCCC1. The standard InChI is InChI=1S/C14H19NO4S/c1-11-7-3-4-8-12(11)20(18,19)15-14(13(16)17)9-5-2-6-10-14/h3-4,7-8,15H,2,5-6,9-10H2,1H3,(H,16,17). The number of nitrogens with one attached hydrogen (secondary N) is 1. The van der Waals surface area contributed by atoms with Crippen molar-refractivity contribution in [2.45, 2.75) is 49.5 Å². The maximum atomic E-state index is 12.5. The summed E-state index contributed by atoms with van der Waals surface area (Å²) in [5.41, 5.74) is -0.754. The second kappa shape index (κ2) is 5.54. The van der Waals surface area contributed by atoms with Crippen LogP contribution in [0.25, 0.3) is 0 Å². The first-order chi connectivity index (χ1) is 9.37. The van der Waals surface area contributed by atoms with E-state index in [0.29, 0.717) is 18.4 Å². The highest BCUT2D eigenvalue weighted by Crippen LogP contribution is 2.30. The molecular weight excluding hydrogens is 278 g/mol. The van der Waals surface area contributed by atoms with Crippen molar-refractivity contribution < 1.29 is 18.3 Å². The van der Waals surface area contributed by atoms with Gasteiger partial charge in [-0.2, -0.15) is 4.72 Å². The zero-order chi connectivity index (χ0) is 14.8. The summed E-state index contributed by atoms with van der Waals surface area (Å²) in [4.78, 5) is 11.7. The van der Waals surface area contributed by atoms with Crippen molar-refractivity contribution in [1.82, 2.24) is 4.72 Å². The van der Waals surface area contributed by atoms with E-state index >= 15 is 0 Å². The molecular formula is C14H19NO4S. The number of benzene rings is 1. The summed E-state index contributed by atoms with van der Waals surface area (Å²) in [5, 5.41) is 9.44. The van der Waals surface area contributed by atoms with Crippen LogP contribution in [0, 0.1) is 6.92 Å². The Morgan fingerprint density at radius 1 is 1.20 bits per heavy atom. The molecule has 0 aromatic heterocycles. The van der Waals surface area contributed by atoms with E-state index in [9.17, 15) is 18.3 Å². The molecule has 6 heteroatoms. The van der Waals surface area contributed by atoms with Crippen LogP contribution in [-0.4, -0.2) is 25.0 Å². The molecule has 0 bridgehead atoms. The first-order valence-electron chi connectivity index (χ1n) is 6.70. The summed E-state index contributed by atoms with van der Waals surface area (Å²) in [5.74, 6) is -1.09. The Morgan fingerprint density at radius 2 is 1.80 bits per heavy atom. The smallest absolute Gasteiger partial charge is 0.324 e. The Hall–Kier alpha value is -1.40. The molecule has 0 atom stereocenters. The van der Waals surface area contributed by atoms with Gasteiger partial charge >= 0.3 is 5.97 Å². The monoisotopic (exact) mass is 297 g/mol. The summed E-state index contributed by atoms with van der Waals surface area (Å²) in [6.07, 6.45) is 3.08. The third kappa shape index (κ3) is 2.86. The van der Waals surface area contributed by atoms with Crippen molar-refractivity contribution in [2.75, 3.05) is 0 Å². The summed E-state index contributed by atoms with van der Waals surface area (Å²) < 4.78 is 27.4. The van der Waals surface area contributed by atoms with E-state index in [1.54, 1.807) is 25.1 Å². The minimum absolute atomic E-state index is 0.145. The fraction of sp³-hybridized carbons (Fsp3) is 0.500. The third-order valence-electron chi connectivity index (χ3n) is 3.83. The summed E-state index contributed by atoms with van der Waals surface area (Å²) >= 11 is 0. The van der Waals surface area contributed by atoms with Gasteiger partial charge in [0.25, 0.3) is 0 Å². The normalized spacial score (nSPS) is 18.6. The lowest BCUT2D eigenvalue weighted by Gasteiger charge is -2.33. The summed E-state index contributed by atoms with van der Waals surface area (Å²) in [7, 11) is -3.82. The highest BCUT2D eigenvalue weighted by Gasteiger charge is 2.43. The largest absolute Gasteiger partial charge is 0.480 e. The second-order valence-corrected chi connectivity index (χ2v) is 6.97. The Balaban J connectivity index is 2.35. The van der Waals surface area contributed by atoms with Gasteiger partial charge in [0.05, 0.1) is 4.90 Å². The van der Waals surface area contributed by atoms with E-state index in [4.69, 9.17) is 0 Å². The number of carboxylic acids is 1. The van der Waals surface area contributed by atoms with Crippen molar-refractivity contribution in [2.24, 2.45) is 0 Å². The molecule has 20 heavy (non-hydrogen) atoms. The van der Waals surface area contributed by atoms with Gasteiger partial charge in [0.2, 0.25) is 10.0 Å². The molecule has 1 aliphatic rings. The average molecular weight is 297 g/mol. The molecule has 0 saturated heterocycles. The molecule has 1 aromatic carbocycles. The van der Waals surface area contributed by atoms with Gasteiger partial charge in [-0.25, -0.2) is 8.42 Å². The van der Waals surface area contributed by atoms with Crippen LogP contribution < -0.4 is 4.72 Å². The van der Waals surface area contributed by atoms with Gasteiger partial charge in [0.1, 0.15) is 5.54 Å².